The van der Waals surface area contributed by atoms with Crippen LogP contribution in [0.3, 0.4) is 0 Å². The predicted octanol–water partition coefficient (Wildman–Crippen LogP) is 2.19. The molecule has 0 bridgehead atoms. The maximum absolute atomic E-state index is 6.02. The van der Waals surface area contributed by atoms with E-state index in [0.29, 0.717) is 17.7 Å². The van der Waals surface area contributed by atoms with Crippen LogP contribution in [0, 0.1) is 13.8 Å². The second-order valence-electron chi connectivity index (χ2n) is 5.52. The van der Waals surface area contributed by atoms with Gasteiger partial charge in [-0.2, -0.15) is 5.10 Å². The number of halogens is 1. The Morgan fingerprint density at radius 2 is 2.15 bits per heavy atom. The molecule has 108 valence electrons. The Balaban J connectivity index is 1.79. The largest absolute Gasteiger partial charge is 0.321 e. The minimum Gasteiger partial charge on any atom is -0.321 e. The van der Waals surface area contributed by atoms with Crippen molar-refractivity contribution in [1.82, 2.24) is 24.6 Å². The number of aryl methyl sites for hydroxylation is 1. The molecule has 20 heavy (non-hydrogen) atoms. The summed E-state index contributed by atoms with van der Waals surface area (Å²) in [5.41, 5.74) is 3.60. The molecule has 2 aromatic heterocycles. The van der Waals surface area contributed by atoms with E-state index in [4.69, 9.17) is 11.6 Å². The lowest BCUT2D eigenvalue weighted by molar-refractivity contribution is 0.610. The van der Waals surface area contributed by atoms with Gasteiger partial charge in [-0.15, -0.1) is 0 Å². The summed E-state index contributed by atoms with van der Waals surface area (Å²) in [6.07, 6.45) is 4.29. The van der Waals surface area contributed by atoms with Crippen molar-refractivity contribution in [3.05, 3.63) is 34.1 Å². The highest BCUT2D eigenvalue weighted by atomic mass is 35.5. The van der Waals surface area contributed by atoms with Crippen LogP contribution in [0.5, 0.6) is 0 Å². The van der Waals surface area contributed by atoms with Crippen molar-refractivity contribution in [3.63, 3.8) is 0 Å². The summed E-state index contributed by atoms with van der Waals surface area (Å²) in [4.78, 5) is 4.33. The summed E-state index contributed by atoms with van der Waals surface area (Å²) in [6, 6.07) is 0.713. The highest BCUT2D eigenvalue weighted by Crippen LogP contribution is 2.21. The Labute approximate surface area is 124 Å². The smallest absolute Gasteiger partial charge is 0.131 e. The van der Waals surface area contributed by atoms with Gasteiger partial charge in [0.25, 0.3) is 0 Å². The fourth-order valence-electron chi connectivity index (χ4n) is 2.38. The van der Waals surface area contributed by atoms with Gasteiger partial charge >= 0.3 is 0 Å². The molecule has 1 saturated carbocycles. The van der Waals surface area contributed by atoms with Crippen molar-refractivity contribution in [2.45, 2.75) is 45.8 Å². The average Bonchev–Trinajstić information content (AvgIpc) is 3.14. The van der Waals surface area contributed by atoms with Crippen LogP contribution in [0.25, 0.3) is 0 Å². The molecular weight excluding hydrogens is 274 g/mol. The minimum atomic E-state index is 0.650. The molecule has 0 radical (unpaired) electrons. The van der Waals surface area contributed by atoms with E-state index < -0.39 is 0 Å². The lowest BCUT2D eigenvalue weighted by Crippen LogP contribution is -2.16. The highest BCUT2D eigenvalue weighted by Gasteiger charge is 2.22. The third-order valence-corrected chi connectivity index (χ3v) is 4.35. The van der Waals surface area contributed by atoms with Crippen molar-refractivity contribution < 1.29 is 0 Å². The minimum absolute atomic E-state index is 0.650. The van der Waals surface area contributed by atoms with Crippen LogP contribution in [-0.4, -0.2) is 25.4 Å². The molecule has 3 rings (SSSR count). The number of imidazole rings is 1. The summed E-state index contributed by atoms with van der Waals surface area (Å²) in [5, 5.41) is 8.84. The van der Waals surface area contributed by atoms with Gasteiger partial charge in [0.2, 0.25) is 0 Å². The molecule has 2 heterocycles. The van der Waals surface area contributed by atoms with Crippen LogP contribution in [-0.2, 0) is 20.1 Å². The van der Waals surface area contributed by atoms with Gasteiger partial charge in [-0.3, -0.25) is 4.68 Å². The van der Waals surface area contributed by atoms with Crippen LogP contribution >= 0.6 is 11.6 Å². The molecule has 5 nitrogen and oxygen atoms in total. The summed E-state index contributed by atoms with van der Waals surface area (Å²) in [5.74, 6) is 0.919. The highest BCUT2D eigenvalue weighted by molar-refractivity contribution is 6.29. The van der Waals surface area contributed by atoms with E-state index >= 15 is 0 Å². The Morgan fingerprint density at radius 1 is 1.40 bits per heavy atom. The molecule has 1 fully saturated rings. The number of hydrogen-bond acceptors (Lipinski definition) is 3. The second kappa shape index (κ2) is 5.22. The molecule has 1 aliphatic carbocycles. The lowest BCUT2D eigenvalue weighted by Gasteiger charge is -2.07. The van der Waals surface area contributed by atoms with Crippen molar-refractivity contribution >= 4 is 11.6 Å². The molecule has 0 aromatic carbocycles. The Hall–Kier alpha value is -1.33. The van der Waals surface area contributed by atoms with Crippen molar-refractivity contribution in [1.29, 1.82) is 0 Å². The fraction of sp³-hybridized carbons (Fsp3) is 0.571. The zero-order valence-corrected chi connectivity index (χ0v) is 12.9. The third kappa shape index (κ3) is 2.60. The summed E-state index contributed by atoms with van der Waals surface area (Å²) >= 11 is 6.02. The molecule has 1 aliphatic rings. The Bertz CT molecular complexity index is 624. The van der Waals surface area contributed by atoms with E-state index in [1.807, 2.05) is 16.3 Å². The van der Waals surface area contributed by atoms with E-state index in [2.05, 4.69) is 29.2 Å². The maximum Gasteiger partial charge on any atom is 0.131 e. The Morgan fingerprint density at radius 3 is 2.75 bits per heavy atom. The van der Waals surface area contributed by atoms with Crippen LogP contribution in [0.4, 0.5) is 0 Å². The molecule has 0 amide bonds. The van der Waals surface area contributed by atoms with Crippen LogP contribution in [0.15, 0.2) is 6.20 Å². The number of hydrogen-bond donors (Lipinski definition) is 1. The molecular formula is C14H20ClN5. The summed E-state index contributed by atoms with van der Waals surface area (Å²) in [7, 11) is 1.92. The number of nitrogens with one attached hydrogen (secondary N) is 1. The predicted molar refractivity (Wildman–Crippen MR) is 78.9 cm³/mol. The van der Waals surface area contributed by atoms with Gasteiger partial charge in [-0.1, -0.05) is 11.6 Å². The van der Waals surface area contributed by atoms with E-state index in [0.717, 1.165) is 18.1 Å². The molecule has 1 N–H and O–H groups in total. The topological polar surface area (TPSA) is 47.7 Å². The summed E-state index contributed by atoms with van der Waals surface area (Å²) in [6.45, 7) is 5.75. The van der Waals surface area contributed by atoms with Gasteiger partial charge in [-0.25, -0.2) is 4.98 Å². The maximum atomic E-state index is 6.02. The van der Waals surface area contributed by atoms with Crippen molar-refractivity contribution in [2.24, 2.45) is 7.05 Å². The number of nitrogens with zero attached hydrogens (tertiary/aromatic N) is 4. The second-order valence-corrected chi connectivity index (χ2v) is 5.91. The van der Waals surface area contributed by atoms with Crippen LogP contribution in [0.2, 0.25) is 5.15 Å². The van der Waals surface area contributed by atoms with Gasteiger partial charge in [0.1, 0.15) is 11.0 Å². The SMILES string of the molecule is Cc1nn(Cc2ncc(Cl)n2C)c(C)c1CNC1CC1. The lowest BCUT2D eigenvalue weighted by atomic mass is 10.2. The van der Waals surface area contributed by atoms with E-state index in [1.165, 1.54) is 24.1 Å². The quantitative estimate of drug-likeness (QED) is 0.919. The number of aromatic nitrogens is 4. The molecule has 2 aromatic rings. The normalized spacial score (nSPS) is 15.0. The fourth-order valence-corrected chi connectivity index (χ4v) is 2.53. The molecule has 0 spiro atoms. The van der Waals surface area contributed by atoms with Crippen molar-refractivity contribution in [2.75, 3.05) is 0 Å². The molecule has 0 unspecified atom stereocenters. The van der Waals surface area contributed by atoms with Crippen LogP contribution < -0.4 is 5.32 Å². The monoisotopic (exact) mass is 293 g/mol. The van der Waals surface area contributed by atoms with E-state index in [1.54, 1.807) is 6.20 Å². The molecule has 0 aliphatic heterocycles. The van der Waals surface area contributed by atoms with Gasteiger partial charge in [-0.05, 0) is 26.7 Å². The van der Waals surface area contributed by atoms with Gasteiger partial charge in [0.05, 0.1) is 18.4 Å². The molecule has 6 heteroatoms. The average molecular weight is 294 g/mol. The standard InChI is InChI=1S/C14H20ClN5/c1-9-12(6-16-11-4-5-11)10(2)20(18-9)8-14-17-7-13(15)19(14)3/h7,11,16H,4-6,8H2,1-3H3. The molecule has 0 atom stereocenters. The first-order valence-corrected chi connectivity index (χ1v) is 7.36. The van der Waals surface area contributed by atoms with Crippen LogP contribution in [0.1, 0.15) is 35.6 Å². The van der Waals surface area contributed by atoms with E-state index in [-0.39, 0.29) is 0 Å². The zero-order valence-electron chi connectivity index (χ0n) is 12.1. The first kappa shape index (κ1) is 13.6. The third-order valence-electron chi connectivity index (χ3n) is 4.00. The number of rotatable bonds is 5. The zero-order chi connectivity index (χ0) is 14.3. The first-order valence-electron chi connectivity index (χ1n) is 6.98. The van der Waals surface area contributed by atoms with Gasteiger partial charge in [0, 0.05) is 30.9 Å². The summed E-state index contributed by atoms with van der Waals surface area (Å²) < 4.78 is 3.90. The van der Waals surface area contributed by atoms with Crippen molar-refractivity contribution in [3.8, 4) is 0 Å². The van der Waals surface area contributed by atoms with Gasteiger partial charge < -0.3 is 9.88 Å². The Kier molecular flexibility index (Phi) is 3.56. The van der Waals surface area contributed by atoms with E-state index in [9.17, 15) is 0 Å². The van der Waals surface area contributed by atoms with Gasteiger partial charge in [0.15, 0.2) is 0 Å². The first-order chi connectivity index (χ1) is 9.56. The molecule has 0 saturated heterocycles.